The zero-order valence-corrected chi connectivity index (χ0v) is 72.2. The molecule has 20 nitrogen and oxygen atoms in total. The van der Waals surface area contributed by atoms with Crippen LogP contribution in [0.2, 0.25) is 0 Å². The van der Waals surface area contributed by atoms with Crippen molar-refractivity contribution in [2.75, 3.05) is 0 Å². The Morgan fingerprint density at radius 1 is 0.378 bits per heavy atom. The molecule has 0 saturated carbocycles. The number of hydrogen-bond donors (Lipinski definition) is 0. The molecule has 25 heteroatoms. The Morgan fingerprint density at radius 2 is 0.898 bits per heavy atom. The van der Waals surface area contributed by atoms with Gasteiger partial charge in [-0.05, 0) is 104 Å². The van der Waals surface area contributed by atoms with Crippen LogP contribution >= 0.6 is 57.3 Å². The molecule has 0 aliphatic heterocycles. The standard InChI is InChI=1S/3C6H10N2O.3C6H10N2S.C4H4O.4C4H10.C3H3NO.2C3H3NS.4C2H6/c1-4(2)6-8-7-5(3)9-6;1-4(2)6-7-5(3)9-8-6;1-4(2)6-7-5(3)8-9-6;1-4(2)6-8-7-5(3)9-6;1-4(2)6-7-5(3)9-8-6;1-4(2)6-7-5(3)8-9-6;1-2-4-5-3-1;4*1-4(2)3;2*1-2-5-3-4-1;1-2-4-5-3-1;4*1-2/h6*4H,1-3H3;1-4H;4*4H,1-3H3;3*1-3H;4*1-2H3. The first-order valence-corrected chi connectivity index (χ1v) is 38.5. The summed E-state index contributed by atoms with van der Waals surface area (Å²) < 4.78 is 35.8. The Morgan fingerprint density at radius 3 is 1.06 bits per heavy atom. The van der Waals surface area contributed by atoms with E-state index >= 15 is 0 Å². The van der Waals surface area contributed by atoms with Crippen LogP contribution in [0.4, 0.5) is 0 Å². The molecule has 0 N–H and O–H groups in total. The normalized spacial score (nSPS) is 9.22. The highest BCUT2D eigenvalue weighted by atomic mass is 32.1. The van der Waals surface area contributed by atoms with E-state index in [2.05, 4.69) is 207 Å². The molecule has 10 aromatic heterocycles. The molecule has 0 spiro atoms. The highest BCUT2D eigenvalue weighted by molar-refractivity contribution is 7.11. The number of nitrogens with zero attached hydrogens (tertiary/aromatic N) is 15. The summed E-state index contributed by atoms with van der Waals surface area (Å²) in [6.45, 7) is 78.1. The van der Waals surface area contributed by atoms with Crippen LogP contribution < -0.4 is 0 Å². The van der Waals surface area contributed by atoms with Gasteiger partial charge in [0.15, 0.2) is 18.0 Å². The minimum absolute atomic E-state index is 0.339. The van der Waals surface area contributed by atoms with Gasteiger partial charge < -0.3 is 22.3 Å². The van der Waals surface area contributed by atoms with Crippen LogP contribution in [0, 0.1) is 65.2 Å². The summed E-state index contributed by atoms with van der Waals surface area (Å²) >= 11 is 7.71. The second kappa shape index (κ2) is 76.6. The summed E-state index contributed by atoms with van der Waals surface area (Å²) in [5.41, 5.74) is 1.79. The molecular formula is C73H137N15O5S5. The highest BCUT2D eigenvalue weighted by Gasteiger charge is 2.08. The molecule has 0 unspecified atom stereocenters. The van der Waals surface area contributed by atoms with E-state index in [0.717, 1.165) is 61.2 Å². The van der Waals surface area contributed by atoms with Crippen LogP contribution in [0.25, 0.3) is 0 Å². The molecule has 0 aliphatic rings. The van der Waals surface area contributed by atoms with Gasteiger partial charge in [0, 0.05) is 72.5 Å². The van der Waals surface area contributed by atoms with Gasteiger partial charge >= 0.3 is 0 Å². The summed E-state index contributed by atoms with van der Waals surface area (Å²) in [6, 6.07) is 5.57. The molecule has 10 rings (SSSR count). The second-order valence-electron chi connectivity index (χ2n) is 23.7. The molecule has 0 aromatic carbocycles. The molecule has 0 fully saturated rings. The maximum atomic E-state index is 5.12. The Bertz CT molecular complexity index is 2370. The van der Waals surface area contributed by atoms with E-state index in [1.54, 1.807) is 73.1 Å². The maximum absolute atomic E-state index is 5.12. The average Bonchev–Trinajstić information content (AvgIpc) is 1.95. The molecule has 10 heterocycles. The van der Waals surface area contributed by atoms with Crippen LogP contribution in [0.5, 0.6) is 0 Å². The van der Waals surface area contributed by atoms with Crippen molar-refractivity contribution < 1.29 is 22.3 Å². The lowest BCUT2D eigenvalue weighted by molar-refractivity contribution is 0.362. The first kappa shape index (κ1) is 108. The molecule has 0 saturated heterocycles. The minimum atomic E-state index is 0.339. The van der Waals surface area contributed by atoms with E-state index in [1.165, 1.54) is 47.3 Å². The molecular weight excluding hydrogens is 1330 g/mol. The smallest absolute Gasteiger partial charge is 0.229 e. The van der Waals surface area contributed by atoms with E-state index in [4.69, 9.17) is 13.5 Å². The number of oxazole rings is 1. The lowest BCUT2D eigenvalue weighted by Gasteiger charge is -1.92. The molecule has 98 heavy (non-hydrogen) atoms. The van der Waals surface area contributed by atoms with Crippen LogP contribution in [0.1, 0.15) is 324 Å². The number of hydrogen-bond acceptors (Lipinski definition) is 25. The van der Waals surface area contributed by atoms with Crippen LogP contribution in [-0.4, -0.2) is 73.7 Å². The van der Waals surface area contributed by atoms with Crippen LogP contribution in [-0.2, 0) is 0 Å². The lowest BCUT2D eigenvalue weighted by Crippen LogP contribution is -1.88. The van der Waals surface area contributed by atoms with Gasteiger partial charge in [0.1, 0.15) is 37.9 Å². The largest absolute Gasteiger partial charge is 0.473 e. The zero-order valence-electron chi connectivity index (χ0n) is 68.1. The summed E-state index contributed by atoms with van der Waals surface area (Å²) in [5.74, 6) is 12.0. The second-order valence-corrected chi connectivity index (χ2v) is 28.1. The van der Waals surface area contributed by atoms with E-state index in [9.17, 15) is 0 Å². The van der Waals surface area contributed by atoms with Crippen LogP contribution in [0.3, 0.4) is 0 Å². The van der Waals surface area contributed by atoms with E-state index < -0.39 is 0 Å². The Labute approximate surface area is 616 Å². The summed E-state index contributed by atoms with van der Waals surface area (Å²) in [4.78, 5) is 23.8. The van der Waals surface area contributed by atoms with Crippen molar-refractivity contribution in [1.29, 1.82) is 0 Å². The van der Waals surface area contributed by atoms with E-state index in [0.29, 0.717) is 64.9 Å². The van der Waals surface area contributed by atoms with Crippen molar-refractivity contribution in [3.8, 4) is 0 Å². The van der Waals surface area contributed by atoms with Gasteiger partial charge in [0.05, 0.1) is 24.2 Å². The number of furan rings is 1. The third kappa shape index (κ3) is 84.1. The third-order valence-corrected chi connectivity index (χ3v) is 11.7. The first-order chi connectivity index (χ1) is 46.1. The van der Waals surface area contributed by atoms with Gasteiger partial charge in [-0.1, -0.05) is 232 Å². The summed E-state index contributed by atoms with van der Waals surface area (Å²) in [6.07, 6.45) is 11.3. The van der Waals surface area contributed by atoms with Crippen molar-refractivity contribution in [3.05, 3.63) is 145 Å². The average molecular weight is 1470 g/mol. The number of aromatic nitrogens is 15. The van der Waals surface area contributed by atoms with Gasteiger partial charge in [0.2, 0.25) is 23.6 Å². The minimum Gasteiger partial charge on any atom is -0.473 e. The van der Waals surface area contributed by atoms with Gasteiger partial charge in [-0.3, -0.25) is 4.98 Å². The van der Waals surface area contributed by atoms with Crippen molar-refractivity contribution in [2.24, 2.45) is 23.7 Å². The van der Waals surface area contributed by atoms with Gasteiger partial charge in [-0.2, -0.15) is 18.7 Å². The Hall–Kier alpha value is -6.15. The summed E-state index contributed by atoms with van der Waals surface area (Å²) in [5, 5.41) is 31.0. The van der Waals surface area contributed by atoms with Crippen molar-refractivity contribution in [2.45, 2.75) is 299 Å². The molecule has 0 radical (unpaired) electrons. The molecule has 0 atom stereocenters. The van der Waals surface area contributed by atoms with Gasteiger partial charge in [-0.15, -0.1) is 43.1 Å². The predicted octanol–water partition coefficient (Wildman–Crippen LogP) is 25.4. The predicted molar refractivity (Wildman–Crippen MR) is 422 cm³/mol. The number of thiazole rings is 1. The lowest BCUT2D eigenvalue weighted by atomic mass is 10.2. The molecule has 0 aliphatic carbocycles. The number of aryl methyl sites for hydroxylation is 6. The fourth-order valence-electron chi connectivity index (χ4n) is 4.04. The quantitative estimate of drug-likeness (QED) is 0.150. The molecule has 0 amide bonds. The van der Waals surface area contributed by atoms with Crippen molar-refractivity contribution in [1.82, 2.24) is 73.7 Å². The van der Waals surface area contributed by atoms with Crippen LogP contribution in [0.15, 0.2) is 101 Å². The Balaban J connectivity index is -0.000000149. The zero-order chi connectivity index (χ0) is 77.6. The highest BCUT2D eigenvalue weighted by Crippen LogP contribution is 2.18. The molecule has 0 bridgehead atoms. The van der Waals surface area contributed by atoms with E-state index in [-0.39, 0.29) is 0 Å². The third-order valence-electron chi connectivity index (χ3n) is 7.73. The Kier molecular flexibility index (Phi) is 84.3. The fourth-order valence-corrected chi connectivity index (χ4v) is 6.70. The van der Waals surface area contributed by atoms with Crippen molar-refractivity contribution in [3.63, 3.8) is 0 Å². The monoisotopic (exact) mass is 1460 g/mol. The fraction of sp³-hybridized carbons (Fsp3) is 0.658. The van der Waals surface area contributed by atoms with Gasteiger partial charge in [-0.25, -0.2) is 19.3 Å². The van der Waals surface area contributed by atoms with E-state index in [1.807, 2.05) is 154 Å². The van der Waals surface area contributed by atoms with Gasteiger partial charge in [0.25, 0.3) is 0 Å². The topological polar surface area (TPSA) is 259 Å². The molecule has 10 aromatic rings. The summed E-state index contributed by atoms with van der Waals surface area (Å²) in [7, 11) is 0. The molecule has 564 valence electrons. The maximum Gasteiger partial charge on any atom is 0.229 e. The number of rotatable bonds is 6. The van der Waals surface area contributed by atoms with Crippen molar-refractivity contribution >= 4 is 57.3 Å². The SMILES string of the molecule is CC.CC.CC.CC.CC(C)C.CC(C)C.CC(C)C.CC(C)C.Cc1nc(C(C)C)no1.Cc1nc(C(C)C)ns1.Cc1nnc(C(C)C)o1.Cc1nnc(C(C)C)s1.Cc1noc(C(C)C)n1.Cc1nsc(C(C)C)n1.c1ccoc1.c1cnsc1.c1cocn1.c1cscn1. The first-order valence-electron chi connectivity index (χ1n) is 34.4.